The number of hydrogen-bond acceptors (Lipinski definition) is 5. The van der Waals surface area contributed by atoms with Gasteiger partial charge in [0, 0.05) is 12.6 Å². The Morgan fingerprint density at radius 3 is 2.56 bits per heavy atom. The lowest BCUT2D eigenvalue weighted by Crippen LogP contribution is -2.47. The highest BCUT2D eigenvalue weighted by atomic mass is 16.5. The van der Waals surface area contributed by atoms with Crippen LogP contribution in [0.1, 0.15) is 21.7 Å². The topological polar surface area (TPSA) is 131 Å². The van der Waals surface area contributed by atoms with Crippen LogP contribution >= 0.6 is 0 Å². The van der Waals surface area contributed by atoms with Crippen LogP contribution in [-0.2, 0) is 16.0 Å². The minimum absolute atomic E-state index is 0.135. The molecule has 0 saturated heterocycles. The predicted molar refractivity (Wildman–Crippen MR) is 96.6 cm³/mol. The summed E-state index contributed by atoms with van der Waals surface area (Å²) in [6.45, 7) is 1.59. The monoisotopic (exact) mass is 366 g/mol. The molecule has 4 N–H and O–H groups in total. The molecule has 0 spiro atoms. The van der Waals surface area contributed by atoms with Gasteiger partial charge >= 0.3 is 0 Å². The lowest BCUT2D eigenvalue weighted by atomic mass is 10.0. The Morgan fingerprint density at radius 2 is 1.93 bits per heavy atom. The summed E-state index contributed by atoms with van der Waals surface area (Å²) in [7, 11) is 0. The third kappa shape index (κ3) is 3.95. The Kier molecular flexibility index (Phi) is 5.16. The van der Waals surface area contributed by atoms with E-state index in [1.54, 1.807) is 49.5 Å². The van der Waals surface area contributed by atoms with Crippen LogP contribution in [0.3, 0.4) is 0 Å². The number of nitrogens with zero attached hydrogens (tertiary/aromatic N) is 1. The van der Waals surface area contributed by atoms with Gasteiger partial charge in [-0.1, -0.05) is 35.5 Å². The van der Waals surface area contributed by atoms with Gasteiger partial charge in [0.15, 0.2) is 0 Å². The average molecular weight is 366 g/mol. The van der Waals surface area contributed by atoms with E-state index in [0.717, 1.165) is 5.56 Å². The molecule has 138 valence electrons. The number of aromatic amines is 1. The molecule has 0 fully saturated rings. The van der Waals surface area contributed by atoms with Crippen molar-refractivity contribution in [2.24, 2.45) is 5.73 Å². The number of amides is 2. The number of nitrogens with two attached hydrogens (primary N) is 1. The van der Waals surface area contributed by atoms with Gasteiger partial charge in [-0.3, -0.25) is 14.4 Å². The van der Waals surface area contributed by atoms with Crippen molar-refractivity contribution in [2.75, 3.05) is 0 Å². The van der Waals surface area contributed by atoms with Gasteiger partial charge in [0.1, 0.15) is 23.1 Å². The fourth-order valence-electron chi connectivity index (χ4n) is 2.76. The Hall–Kier alpha value is -3.68. The molecule has 2 amide bonds. The minimum Gasteiger partial charge on any atom is -0.363 e. The van der Waals surface area contributed by atoms with Crippen molar-refractivity contribution in [3.8, 4) is 11.4 Å². The second-order valence-corrected chi connectivity index (χ2v) is 5.99. The maximum absolute atomic E-state index is 12.8. The van der Waals surface area contributed by atoms with Crippen LogP contribution in [-0.4, -0.2) is 33.8 Å². The number of benzene rings is 1. The SMILES string of the molecule is Cc1onc(-c2ccc[nH]2)c1C(=O)NC(Cc1ccccc1)C(=O)C(N)=O. The lowest BCUT2D eigenvalue weighted by Gasteiger charge is -2.16. The van der Waals surface area contributed by atoms with E-state index in [1.807, 2.05) is 6.07 Å². The van der Waals surface area contributed by atoms with Crippen molar-refractivity contribution in [1.82, 2.24) is 15.5 Å². The molecular formula is C19H18N4O4. The number of primary amides is 1. The molecule has 27 heavy (non-hydrogen) atoms. The number of Topliss-reactive ketones (excluding diaryl/α,β-unsaturated/α-hetero) is 1. The number of carbonyl (C=O) groups excluding carboxylic acids is 3. The largest absolute Gasteiger partial charge is 0.363 e. The van der Waals surface area contributed by atoms with Gasteiger partial charge in [0.25, 0.3) is 11.8 Å². The Balaban J connectivity index is 1.88. The number of hydrogen-bond donors (Lipinski definition) is 3. The van der Waals surface area contributed by atoms with Crippen molar-refractivity contribution in [1.29, 1.82) is 0 Å². The average Bonchev–Trinajstić information content (AvgIpc) is 3.30. The molecular weight excluding hydrogens is 348 g/mol. The molecule has 0 aliphatic carbocycles. The van der Waals surface area contributed by atoms with E-state index < -0.39 is 23.6 Å². The summed E-state index contributed by atoms with van der Waals surface area (Å²) in [6.07, 6.45) is 1.83. The van der Waals surface area contributed by atoms with E-state index in [0.29, 0.717) is 17.1 Å². The van der Waals surface area contributed by atoms with Crippen LogP contribution in [0.25, 0.3) is 11.4 Å². The van der Waals surface area contributed by atoms with Crippen molar-refractivity contribution in [3.05, 3.63) is 65.5 Å². The zero-order valence-corrected chi connectivity index (χ0v) is 14.6. The van der Waals surface area contributed by atoms with E-state index in [-0.39, 0.29) is 12.0 Å². The fraction of sp³-hybridized carbons (Fsp3) is 0.158. The smallest absolute Gasteiger partial charge is 0.287 e. The third-order valence-electron chi connectivity index (χ3n) is 4.09. The number of aryl methyl sites for hydroxylation is 1. The summed E-state index contributed by atoms with van der Waals surface area (Å²) in [5.74, 6) is -2.26. The van der Waals surface area contributed by atoms with Crippen LogP contribution in [0, 0.1) is 6.92 Å². The van der Waals surface area contributed by atoms with Crippen molar-refractivity contribution < 1.29 is 18.9 Å². The molecule has 3 rings (SSSR count). The number of H-pyrrole nitrogens is 1. The quantitative estimate of drug-likeness (QED) is 0.544. The second-order valence-electron chi connectivity index (χ2n) is 5.99. The first-order valence-corrected chi connectivity index (χ1v) is 8.26. The van der Waals surface area contributed by atoms with Gasteiger partial charge < -0.3 is 20.6 Å². The second kappa shape index (κ2) is 7.69. The molecule has 0 bridgehead atoms. The van der Waals surface area contributed by atoms with E-state index >= 15 is 0 Å². The third-order valence-corrected chi connectivity index (χ3v) is 4.09. The van der Waals surface area contributed by atoms with E-state index in [2.05, 4.69) is 15.5 Å². The molecule has 1 atom stereocenters. The first-order valence-electron chi connectivity index (χ1n) is 8.26. The first-order chi connectivity index (χ1) is 13.0. The Labute approximate surface area is 154 Å². The number of ketones is 1. The highest BCUT2D eigenvalue weighted by molar-refractivity contribution is 6.38. The van der Waals surface area contributed by atoms with Crippen molar-refractivity contribution in [3.63, 3.8) is 0 Å². The molecule has 0 radical (unpaired) electrons. The lowest BCUT2D eigenvalue weighted by molar-refractivity contribution is -0.137. The van der Waals surface area contributed by atoms with Crippen molar-refractivity contribution in [2.45, 2.75) is 19.4 Å². The molecule has 1 unspecified atom stereocenters. The molecule has 2 aromatic heterocycles. The van der Waals surface area contributed by atoms with Crippen LogP contribution in [0.15, 0.2) is 53.2 Å². The Bertz CT molecular complexity index is 961. The predicted octanol–water partition coefficient (Wildman–Crippen LogP) is 1.37. The minimum atomic E-state index is -1.11. The molecule has 8 nitrogen and oxygen atoms in total. The highest BCUT2D eigenvalue weighted by Gasteiger charge is 2.29. The number of rotatable bonds is 7. The van der Waals surface area contributed by atoms with Gasteiger partial charge in [0.2, 0.25) is 5.78 Å². The standard InChI is InChI=1S/C19H18N4O4/c1-11-15(16(23-27-11)13-8-5-9-21-13)19(26)22-14(17(24)18(20)25)10-12-6-3-2-4-7-12/h2-9,14,21H,10H2,1H3,(H2,20,25)(H,22,26). The molecule has 0 saturated carbocycles. The van der Waals surface area contributed by atoms with Gasteiger partial charge in [-0.2, -0.15) is 0 Å². The fourth-order valence-corrected chi connectivity index (χ4v) is 2.76. The summed E-state index contributed by atoms with van der Waals surface area (Å²) in [5, 5.41) is 6.50. The molecule has 1 aromatic carbocycles. The van der Waals surface area contributed by atoms with Gasteiger partial charge in [-0.05, 0) is 24.6 Å². The van der Waals surface area contributed by atoms with Crippen LogP contribution in [0.4, 0.5) is 0 Å². The van der Waals surface area contributed by atoms with Crippen molar-refractivity contribution >= 4 is 17.6 Å². The molecule has 0 aliphatic heterocycles. The first kappa shape index (κ1) is 18.1. The number of carbonyl (C=O) groups is 3. The molecule has 8 heteroatoms. The van der Waals surface area contributed by atoms with Crippen LogP contribution < -0.4 is 11.1 Å². The summed E-state index contributed by atoms with van der Waals surface area (Å²) in [4.78, 5) is 39.4. The maximum atomic E-state index is 12.8. The summed E-state index contributed by atoms with van der Waals surface area (Å²) in [6, 6.07) is 11.4. The number of nitrogens with one attached hydrogen (secondary N) is 2. The van der Waals surface area contributed by atoms with Crippen LogP contribution in [0.5, 0.6) is 0 Å². The van der Waals surface area contributed by atoms with Gasteiger partial charge in [-0.25, -0.2) is 0 Å². The molecule has 2 heterocycles. The normalized spacial score (nSPS) is 11.7. The molecule has 3 aromatic rings. The summed E-state index contributed by atoms with van der Waals surface area (Å²) in [5.41, 5.74) is 7.03. The summed E-state index contributed by atoms with van der Waals surface area (Å²) < 4.78 is 5.14. The van der Waals surface area contributed by atoms with Crippen LogP contribution in [0.2, 0.25) is 0 Å². The van der Waals surface area contributed by atoms with Gasteiger partial charge in [0.05, 0.1) is 5.69 Å². The van der Waals surface area contributed by atoms with E-state index in [1.165, 1.54) is 0 Å². The molecule has 0 aliphatic rings. The van der Waals surface area contributed by atoms with E-state index in [9.17, 15) is 14.4 Å². The number of aromatic nitrogens is 2. The highest BCUT2D eigenvalue weighted by Crippen LogP contribution is 2.24. The summed E-state index contributed by atoms with van der Waals surface area (Å²) >= 11 is 0. The maximum Gasteiger partial charge on any atom is 0.287 e. The van der Waals surface area contributed by atoms with E-state index in [4.69, 9.17) is 10.3 Å². The Morgan fingerprint density at radius 1 is 1.19 bits per heavy atom. The zero-order chi connectivity index (χ0) is 19.4. The zero-order valence-electron chi connectivity index (χ0n) is 14.6. The van der Waals surface area contributed by atoms with Gasteiger partial charge in [-0.15, -0.1) is 0 Å².